The topological polar surface area (TPSA) is 64.5 Å². The van der Waals surface area contributed by atoms with Crippen LogP contribution < -0.4 is 19.6 Å². The molecule has 0 N–H and O–H groups in total. The maximum atomic E-state index is 5.67. The average molecular weight is 1640 g/mol. The van der Waals surface area contributed by atoms with Crippen LogP contribution in [0.4, 0.5) is 22.7 Å². The van der Waals surface area contributed by atoms with Crippen molar-refractivity contribution < 1.29 is 27.0 Å². The summed E-state index contributed by atoms with van der Waals surface area (Å²) in [6, 6.07) is 74.5. The first kappa shape index (κ1) is 83.0. The van der Waals surface area contributed by atoms with Gasteiger partial charge in [0.25, 0.3) is 0 Å². The second-order valence-corrected chi connectivity index (χ2v) is 37.1. The van der Waals surface area contributed by atoms with E-state index in [1.165, 1.54) is 123 Å². The molecule has 2 aliphatic rings. The van der Waals surface area contributed by atoms with Crippen molar-refractivity contribution in [3.63, 3.8) is 0 Å². The fraction of sp³-hybridized carbons (Fsp3) is 0.200. The standard InChI is InChI=1S/2C21H27N2.2C11H9N.2C7H6.2C6H7N.4ClH.2Ru/c2*1-14-9-16(3)20(17(4)10-14)22-7-8-23(13-22)21-18(5)11-15(2)12-19(21)6;2*1-2-4-10(5-3-1)11-6-8-12-9-7-11;2*1-7-5-3-2-4-6-7;2*1-6-2-4-7-5-3-6;;;;;;/h2*9-13H,7-8H2,1-6H3;2*1-9H;2*1-6H;2*2-5H,1H3;4*1H;;/q2*-1;;;;;;;;;;;2*+2/p-4. The number of hydrogen-bond donors (Lipinski definition) is 0. The fourth-order valence-electron chi connectivity index (χ4n) is 12.6. The van der Waals surface area contributed by atoms with Crippen LogP contribution in [-0.4, -0.2) is 55.3 Å². The molecule has 104 heavy (non-hydrogen) atoms. The van der Waals surface area contributed by atoms with E-state index >= 15 is 0 Å². The quantitative estimate of drug-likeness (QED) is 0.110. The normalized spacial score (nSPS) is 12.0. The van der Waals surface area contributed by atoms with Crippen LogP contribution in [0.25, 0.3) is 22.3 Å². The van der Waals surface area contributed by atoms with Gasteiger partial charge in [0, 0.05) is 98.5 Å². The Bertz CT molecular complexity index is 4000. The van der Waals surface area contributed by atoms with Gasteiger partial charge in [0.1, 0.15) is 0 Å². The van der Waals surface area contributed by atoms with Gasteiger partial charge in [-0.25, -0.2) is 0 Å². The van der Waals surface area contributed by atoms with Crippen molar-refractivity contribution in [1.29, 1.82) is 0 Å². The van der Waals surface area contributed by atoms with Gasteiger partial charge in [-0.2, -0.15) is 13.3 Å². The molecule has 0 amide bonds. The molecule has 0 atom stereocenters. The molecule has 0 radical (unpaired) electrons. The second-order valence-electron chi connectivity index (χ2n) is 25.7. The summed E-state index contributed by atoms with van der Waals surface area (Å²) < 4.78 is 3.85. The van der Waals surface area contributed by atoms with E-state index < -0.39 is 27.0 Å². The molecule has 2 fully saturated rings. The van der Waals surface area contributed by atoms with Crippen molar-refractivity contribution in [3.8, 4) is 22.3 Å². The third kappa shape index (κ3) is 28.0. The molecule has 14 rings (SSSR count). The van der Waals surface area contributed by atoms with Crippen molar-refractivity contribution in [3.05, 3.63) is 370 Å². The Kier molecular flexibility index (Phi) is 35.0. The molecule has 4 aromatic heterocycles. The third-order valence-corrected chi connectivity index (χ3v) is 20.4. The van der Waals surface area contributed by atoms with Crippen LogP contribution in [0, 0.1) is 110 Å². The molecule has 2 saturated heterocycles. The molecule has 12 aromatic rings. The van der Waals surface area contributed by atoms with Crippen molar-refractivity contribution in [2.75, 3.05) is 45.8 Å². The average Bonchev–Trinajstić information content (AvgIpc) is 1.70. The predicted octanol–water partition coefficient (Wildman–Crippen LogP) is 23.8. The molecule has 14 heteroatoms. The maximum absolute atomic E-state index is 5.67. The monoisotopic (exact) mass is 1630 g/mol. The zero-order valence-electron chi connectivity index (χ0n) is 62.3. The SMILES string of the molecule is Cc1cc(C)c(N2[CH-]N(c3c(C)cc(C)cc3C)CC2)c(C)c1.Cc1cc(C)c(N2[CH-]N(c3c(C)cc(C)cc3C)CC2)c(C)c1.Cc1ccncc1.Cc1ccncc1.[Cl][Ru]([Cl])=[CH]c1ccccc1.[Cl][Ru]([Cl])=[CH]c1ccccc1.c1ccc(-c2ccncc2)cc1.c1ccc(-c2ccncc2)cc1. The minimum absolute atomic E-state index is 1.04. The van der Waals surface area contributed by atoms with Crippen LogP contribution in [-0.2, 0) is 27.0 Å². The van der Waals surface area contributed by atoms with Crippen LogP contribution >= 0.6 is 38.8 Å². The summed E-state index contributed by atoms with van der Waals surface area (Å²) >= 11 is -3.23. The minimum atomic E-state index is -1.61. The molecule has 8 aromatic carbocycles. The molecule has 2 aliphatic heterocycles. The van der Waals surface area contributed by atoms with Crippen LogP contribution in [0.2, 0.25) is 0 Å². The summed E-state index contributed by atoms with van der Waals surface area (Å²) in [4.78, 5) is 25.3. The fourth-order valence-corrected chi connectivity index (χ4v) is 16.3. The molecule has 0 spiro atoms. The molecular formula is C90H98Cl4N8Ru2-2. The third-order valence-electron chi connectivity index (χ3n) is 16.7. The number of aromatic nitrogens is 4. The Morgan fingerprint density at radius 3 is 0.644 bits per heavy atom. The van der Waals surface area contributed by atoms with E-state index in [-0.39, 0.29) is 0 Å². The van der Waals surface area contributed by atoms with Crippen LogP contribution in [0.5, 0.6) is 0 Å². The summed E-state index contributed by atoms with van der Waals surface area (Å²) in [5.74, 6) is 0. The number of nitrogens with zero attached hydrogens (tertiary/aromatic N) is 8. The Balaban J connectivity index is 0.000000173. The summed E-state index contributed by atoms with van der Waals surface area (Å²) in [6.45, 7) is 39.2. The summed E-state index contributed by atoms with van der Waals surface area (Å²) in [6.07, 6.45) is 14.4. The van der Waals surface area contributed by atoms with E-state index in [2.05, 4.69) is 209 Å². The van der Waals surface area contributed by atoms with Gasteiger partial charge in [0.05, 0.1) is 0 Å². The van der Waals surface area contributed by atoms with E-state index in [9.17, 15) is 0 Å². The number of pyridine rings is 4. The van der Waals surface area contributed by atoms with E-state index in [1.54, 1.807) is 24.8 Å². The Hall–Kier alpha value is -8.29. The smallest absolute Gasteiger partial charge is 0.0273 e. The first-order chi connectivity index (χ1) is 50.0. The predicted molar refractivity (Wildman–Crippen MR) is 445 cm³/mol. The van der Waals surface area contributed by atoms with Gasteiger partial charge in [-0.1, -0.05) is 131 Å². The van der Waals surface area contributed by atoms with Crippen LogP contribution in [0.15, 0.2) is 268 Å². The van der Waals surface area contributed by atoms with Crippen molar-refractivity contribution in [2.24, 2.45) is 0 Å². The minimum Gasteiger partial charge on any atom is -0.265 e. The maximum Gasteiger partial charge on any atom is 0.0273 e. The van der Waals surface area contributed by atoms with Gasteiger partial charge < -0.3 is 19.6 Å². The van der Waals surface area contributed by atoms with Gasteiger partial charge >= 0.3 is 147 Å². The summed E-state index contributed by atoms with van der Waals surface area (Å²) in [7, 11) is 22.7. The summed E-state index contributed by atoms with van der Waals surface area (Å²) in [5, 5.41) is 0. The number of halogens is 4. The van der Waals surface area contributed by atoms with Crippen LogP contribution in [0.3, 0.4) is 0 Å². The molecule has 6 heterocycles. The van der Waals surface area contributed by atoms with E-state index in [4.69, 9.17) is 38.8 Å². The van der Waals surface area contributed by atoms with Gasteiger partial charge in [-0.15, -0.1) is 0 Å². The van der Waals surface area contributed by atoms with E-state index in [1.807, 2.05) is 193 Å². The zero-order valence-corrected chi connectivity index (χ0v) is 68.8. The first-order valence-corrected chi connectivity index (χ1v) is 45.5. The zero-order chi connectivity index (χ0) is 74.9. The van der Waals surface area contributed by atoms with E-state index in [0.29, 0.717) is 0 Å². The Morgan fingerprint density at radius 2 is 0.452 bits per heavy atom. The molecule has 544 valence electrons. The molecule has 8 nitrogen and oxygen atoms in total. The Labute approximate surface area is 647 Å². The molecular weight excluding hydrogens is 1540 g/mol. The van der Waals surface area contributed by atoms with Crippen molar-refractivity contribution in [1.82, 2.24) is 19.9 Å². The molecule has 0 unspecified atom stereocenters. The Morgan fingerprint density at radius 1 is 0.260 bits per heavy atom. The summed E-state index contributed by atoms with van der Waals surface area (Å²) in [5.41, 5.74) is 31.3. The van der Waals surface area contributed by atoms with Gasteiger partial charge in [0.15, 0.2) is 0 Å². The van der Waals surface area contributed by atoms with Gasteiger partial charge in [-0.3, -0.25) is 19.9 Å². The first-order valence-electron chi connectivity index (χ1n) is 34.5. The molecule has 0 aliphatic carbocycles. The molecule has 0 saturated carbocycles. The van der Waals surface area contributed by atoms with E-state index in [0.717, 1.165) is 37.3 Å². The number of rotatable bonds is 8. The number of aryl methyl sites for hydroxylation is 14. The molecule has 0 bridgehead atoms. The number of benzene rings is 8. The number of anilines is 4. The largest absolute Gasteiger partial charge is 0.265 e. The van der Waals surface area contributed by atoms with Crippen LogP contribution in [0.1, 0.15) is 89.0 Å². The number of hydrogen-bond acceptors (Lipinski definition) is 8. The second kappa shape index (κ2) is 43.9. The van der Waals surface area contributed by atoms with Crippen molar-refractivity contribution >= 4 is 70.7 Å². The van der Waals surface area contributed by atoms with Crippen molar-refractivity contribution in [2.45, 2.75) is 96.9 Å². The van der Waals surface area contributed by atoms with Gasteiger partial charge in [-0.05, 0) is 223 Å². The van der Waals surface area contributed by atoms with Gasteiger partial charge in [0.2, 0.25) is 0 Å².